The van der Waals surface area contributed by atoms with E-state index >= 15 is 0 Å². The molecule has 0 aliphatic carbocycles. The highest BCUT2D eigenvalue weighted by Gasteiger charge is 2.18. The first-order valence-corrected chi connectivity index (χ1v) is 7.37. The van der Waals surface area contributed by atoms with Crippen LogP contribution in [0.25, 0.3) is 0 Å². The molecular weight excluding hydrogens is 318 g/mol. The Morgan fingerprint density at radius 2 is 1.74 bits per heavy atom. The lowest BCUT2D eigenvalue weighted by atomic mass is 10.3. The van der Waals surface area contributed by atoms with E-state index in [0.29, 0.717) is 16.5 Å². The Hall–Kier alpha value is -2.53. The van der Waals surface area contributed by atoms with Crippen molar-refractivity contribution in [1.29, 1.82) is 0 Å². The van der Waals surface area contributed by atoms with Crippen LogP contribution in [0.4, 0.5) is 5.69 Å². The van der Waals surface area contributed by atoms with Gasteiger partial charge in [-0.1, -0.05) is 41.9 Å². The SMILES string of the molecule is CC(OC(=O)COc1ccccc1Cl)C(=O)Nc1ccccc1. The van der Waals surface area contributed by atoms with Gasteiger partial charge < -0.3 is 14.8 Å². The summed E-state index contributed by atoms with van der Waals surface area (Å²) in [6.45, 7) is 1.17. The Kier molecular flexibility index (Phi) is 6.00. The third-order valence-corrected chi connectivity index (χ3v) is 3.21. The average Bonchev–Trinajstić information content (AvgIpc) is 2.55. The maximum absolute atomic E-state index is 11.9. The molecule has 2 aromatic carbocycles. The number of carbonyl (C=O) groups excluding carboxylic acids is 2. The zero-order valence-electron chi connectivity index (χ0n) is 12.5. The van der Waals surface area contributed by atoms with Gasteiger partial charge in [-0.05, 0) is 31.2 Å². The minimum Gasteiger partial charge on any atom is -0.480 e. The maximum atomic E-state index is 11.9. The number of para-hydroxylation sites is 2. The van der Waals surface area contributed by atoms with E-state index in [0.717, 1.165) is 0 Å². The summed E-state index contributed by atoms with van der Waals surface area (Å²) in [4.78, 5) is 23.7. The fourth-order valence-electron chi connectivity index (χ4n) is 1.75. The molecule has 0 bridgehead atoms. The zero-order valence-corrected chi connectivity index (χ0v) is 13.2. The fraction of sp³-hybridized carbons (Fsp3) is 0.176. The first-order chi connectivity index (χ1) is 11.1. The number of ether oxygens (including phenoxy) is 2. The van der Waals surface area contributed by atoms with Crippen LogP contribution in [0.3, 0.4) is 0 Å². The second kappa shape index (κ2) is 8.19. The lowest BCUT2D eigenvalue weighted by molar-refractivity contribution is -0.155. The van der Waals surface area contributed by atoms with E-state index in [9.17, 15) is 9.59 Å². The molecule has 0 spiro atoms. The van der Waals surface area contributed by atoms with Crippen LogP contribution in [0.1, 0.15) is 6.92 Å². The zero-order chi connectivity index (χ0) is 16.7. The molecular formula is C17H16ClNO4. The lowest BCUT2D eigenvalue weighted by Gasteiger charge is -2.14. The van der Waals surface area contributed by atoms with Crippen LogP contribution in [0.5, 0.6) is 5.75 Å². The summed E-state index contributed by atoms with van der Waals surface area (Å²) in [5.41, 5.74) is 0.632. The molecule has 1 amide bonds. The van der Waals surface area contributed by atoms with E-state index in [2.05, 4.69) is 5.32 Å². The second-order valence-corrected chi connectivity index (χ2v) is 5.11. The molecule has 0 saturated heterocycles. The molecule has 2 rings (SSSR count). The largest absolute Gasteiger partial charge is 0.480 e. The summed E-state index contributed by atoms with van der Waals surface area (Å²) < 4.78 is 10.3. The number of amides is 1. The van der Waals surface area contributed by atoms with Gasteiger partial charge in [0.05, 0.1) is 5.02 Å². The highest BCUT2D eigenvalue weighted by atomic mass is 35.5. The van der Waals surface area contributed by atoms with Crippen molar-refractivity contribution in [2.24, 2.45) is 0 Å². The van der Waals surface area contributed by atoms with Gasteiger partial charge in [0.15, 0.2) is 12.7 Å². The van der Waals surface area contributed by atoms with Gasteiger partial charge in [-0.25, -0.2) is 4.79 Å². The van der Waals surface area contributed by atoms with Crippen molar-refractivity contribution < 1.29 is 19.1 Å². The Balaban J connectivity index is 1.80. The number of anilines is 1. The number of rotatable bonds is 6. The van der Waals surface area contributed by atoms with Crippen LogP contribution >= 0.6 is 11.6 Å². The second-order valence-electron chi connectivity index (χ2n) is 4.71. The van der Waals surface area contributed by atoms with Crippen LogP contribution in [0.15, 0.2) is 54.6 Å². The fourth-order valence-corrected chi connectivity index (χ4v) is 1.94. The number of hydrogen-bond acceptors (Lipinski definition) is 4. The maximum Gasteiger partial charge on any atom is 0.344 e. The van der Waals surface area contributed by atoms with Gasteiger partial charge in [-0.3, -0.25) is 4.79 Å². The van der Waals surface area contributed by atoms with Gasteiger partial charge in [0, 0.05) is 5.69 Å². The van der Waals surface area contributed by atoms with Crippen molar-refractivity contribution in [1.82, 2.24) is 0 Å². The molecule has 0 fully saturated rings. The Morgan fingerprint density at radius 3 is 2.43 bits per heavy atom. The normalized spacial score (nSPS) is 11.4. The van der Waals surface area contributed by atoms with E-state index in [1.165, 1.54) is 6.92 Å². The highest BCUT2D eigenvalue weighted by Crippen LogP contribution is 2.22. The van der Waals surface area contributed by atoms with E-state index in [1.807, 2.05) is 6.07 Å². The van der Waals surface area contributed by atoms with Crippen LogP contribution in [-0.4, -0.2) is 24.6 Å². The average molecular weight is 334 g/mol. The van der Waals surface area contributed by atoms with Gasteiger partial charge in [-0.15, -0.1) is 0 Å². The summed E-state index contributed by atoms with van der Waals surface area (Å²) in [6.07, 6.45) is -0.933. The monoisotopic (exact) mass is 333 g/mol. The molecule has 23 heavy (non-hydrogen) atoms. The van der Waals surface area contributed by atoms with Gasteiger partial charge in [0.25, 0.3) is 5.91 Å². The van der Waals surface area contributed by atoms with Gasteiger partial charge in [0.2, 0.25) is 0 Å². The molecule has 0 aliphatic heterocycles. The smallest absolute Gasteiger partial charge is 0.344 e. The molecule has 6 heteroatoms. The van der Waals surface area contributed by atoms with Crippen molar-refractivity contribution in [2.75, 3.05) is 11.9 Å². The summed E-state index contributed by atoms with van der Waals surface area (Å²) in [7, 11) is 0. The summed E-state index contributed by atoms with van der Waals surface area (Å²) in [5, 5.41) is 3.05. The van der Waals surface area contributed by atoms with Crippen molar-refractivity contribution in [3.8, 4) is 5.75 Å². The highest BCUT2D eigenvalue weighted by molar-refractivity contribution is 6.32. The van der Waals surface area contributed by atoms with Crippen molar-refractivity contribution in [3.63, 3.8) is 0 Å². The number of hydrogen-bond donors (Lipinski definition) is 1. The number of benzene rings is 2. The molecule has 0 aliphatic rings. The molecule has 120 valence electrons. The molecule has 1 unspecified atom stereocenters. The molecule has 0 heterocycles. The molecule has 5 nitrogen and oxygen atoms in total. The minimum absolute atomic E-state index is 0.327. The Bertz CT molecular complexity index is 675. The van der Waals surface area contributed by atoms with Crippen LogP contribution in [0, 0.1) is 0 Å². The molecule has 2 aromatic rings. The van der Waals surface area contributed by atoms with Crippen LogP contribution < -0.4 is 10.1 Å². The van der Waals surface area contributed by atoms with Crippen molar-refractivity contribution in [3.05, 3.63) is 59.6 Å². The van der Waals surface area contributed by atoms with E-state index in [-0.39, 0.29) is 6.61 Å². The number of halogens is 1. The van der Waals surface area contributed by atoms with Gasteiger partial charge in [-0.2, -0.15) is 0 Å². The van der Waals surface area contributed by atoms with Crippen LogP contribution in [0.2, 0.25) is 5.02 Å². The van der Waals surface area contributed by atoms with Gasteiger partial charge >= 0.3 is 5.97 Å². The Labute approximate surface area is 139 Å². The Morgan fingerprint density at radius 1 is 1.09 bits per heavy atom. The van der Waals surface area contributed by atoms with Gasteiger partial charge in [0.1, 0.15) is 5.75 Å². The van der Waals surface area contributed by atoms with Crippen molar-refractivity contribution in [2.45, 2.75) is 13.0 Å². The van der Waals surface area contributed by atoms with E-state index in [4.69, 9.17) is 21.1 Å². The topological polar surface area (TPSA) is 64.6 Å². The standard InChI is InChI=1S/C17H16ClNO4/c1-12(17(21)19-13-7-3-2-4-8-13)23-16(20)11-22-15-10-6-5-9-14(15)18/h2-10,12H,11H2,1H3,(H,19,21). The molecule has 0 aromatic heterocycles. The summed E-state index contributed by atoms with van der Waals surface area (Å²) in [5.74, 6) is -0.685. The predicted octanol–water partition coefficient (Wildman–Crippen LogP) is 3.29. The number of nitrogens with one attached hydrogen (secondary N) is 1. The minimum atomic E-state index is -0.933. The third-order valence-electron chi connectivity index (χ3n) is 2.90. The number of carbonyl (C=O) groups is 2. The van der Waals surface area contributed by atoms with E-state index < -0.39 is 18.0 Å². The lowest BCUT2D eigenvalue weighted by Crippen LogP contribution is -2.31. The summed E-state index contributed by atoms with van der Waals surface area (Å²) in [6, 6.07) is 15.7. The molecule has 0 radical (unpaired) electrons. The first-order valence-electron chi connectivity index (χ1n) is 6.99. The van der Waals surface area contributed by atoms with Crippen molar-refractivity contribution >= 4 is 29.2 Å². The molecule has 0 saturated carbocycles. The third kappa shape index (κ3) is 5.30. The van der Waals surface area contributed by atoms with Crippen LogP contribution in [-0.2, 0) is 14.3 Å². The summed E-state index contributed by atoms with van der Waals surface area (Å²) >= 11 is 5.91. The first kappa shape index (κ1) is 16.8. The molecule has 1 N–H and O–H groups in total. The van der Waals surface area contributed by atoms with E-state index in [1.54, 1.807) is 48.5 Å². The quantitative estimate of drug-likeness (QED) is 0.824. The predicted molar refractivity (Wildman–Crippen MR) is 87.6 cm³/mol. The molecule has 1 atom stereocenters. The number of esters is 1.